The third-order valence-corrected chi connectivity index (χ3v) is 1.67. The molecule has 0 aromatic carbocycles. The van der Waals surface area contributed by atoms with Gasteiger partial charge in [0.05, 0.1) is 0 Å². The van der Waals surface area contributed by atoms with Crippen LogP contribution in [-0.4, -0.2) is 38.6 Å². The molecule has 0 heterocycles. The first-order valence-electron chi connectivity index (χ1n) is 4.99. The number of carbonyl (C=O) groups excluding carboxylic acids is 1. The predicted molar refractivity (Wildman–Crippen MR) is 54.7 cm³/mol. The molecule has 0 unspecified atom stereocenters. The Morgan fingerprint density at radius 3 is 2.23 bits per heavy atom. The van der Waals surface area contributed by atoms with E-state index in [4.69, 9.17) is 0 Å². The van der Waals surface area contributed by atoms with Gasteiger partial charge in [-0.15, -0.1) is 0 Å². The molecule has 0 spiro atoms. The van der Waals surface area contributed by atoms with Gasteiger partial charge in [-0.2, -0.15) is 0 Å². The average molecular weight is 187 g/mol. The number of hydrogen-bond donors (Lipinski definition) is 3. The minimum absolute atomic E-state index is 0.119. The second-order valence-electron chi connectivity index (χ2n) is 2.81. The predicted octanol–water partition coefficient (Wildman–Crippen LogP) is -0.288. The Balaban J connectivity index is 2.95. The third kappa shape index (κ3) is 9.30. The fraction of sp³-hybridized carbons (Fsp3) is 0.889. The van der Waals surface area contributed by atoms with Crippen LogP contribution in [0.5, 0.6) is 0 Å². The lowest BCUT2D eigenvalue weighted by atomic mass is 10.4. The van der Waals surface area contributed by atoms with Crippen molar-refractivity contribution in [3.8, 4) is 0 Å². The Morgan fingerprint density at radius 1 is 1.00 bits per heavy atom. The molecule has 0 atom stereocenters. The molecule has 3 N–H and O–H groups in total. The summed E-state index contributed by atoms with van der Waals surface area (Å²) in [6.45, 7) is 8.45. The Kier molecular flexibility index (Phi) is 9.03. The number of rotatable bonds is 8. The first-order chi connectivity index (χ1) is 6.31. The summed E-state index contributed by atoms with van der Waals surface area (Å²) in [5, 5.41) is 9.23. The minimum Gasteiger partial charge on any atom is -0.355 e. The SMILES string of the molecule is CCNCCNCCNC(=O)CC. The van der Waals surface area contributed by atoms with Crippen molar-refractivity contribution in [2.75, 3.05) is 32.7 Å². The largest absolute Gasteiger partial charge is 0.355 e. The van der Waals surface area contributed by atoms with Crippen molar-refractivity contribution in [2.24, 2.45) is 0 Å². The summed E-state index contributed by atoms with van der Waals surface area (Å²) < 4.78 is 0. The van der Waals surface area contributed by atoms with Gasteiger partial charge in [0.2, 0.25) is 5.91 Å². The maximum Gasteiger partial charge on any atom is 0.219 e. The van der Waals surface area contributed by atoms with Gasteiger partial charge < -0.3 is 16.0 Å². The lowest BCUT2D eigenvalue weighted by molar-refractivity contribution is -0.120. The second kappa shape index (κ2) is 9.48. The summed E-state index contributed by atoms with van der Waals surface area (Å²) in [4.78, 5) is 10.8. The summed E-state index contributed by atoms with van der Waals surface area (Å²) in [6, 6.07) is 0. The highest BCUT2D eigenvalue weighted by atomic mass is 16.1. The molecule has 0 aromatic rings. The number of hydrogen-bond acceptors (Lipinski definition) is 3. The molecular weight excluding hydrogens is 166 g/mol. The standard InChI is InChI=1S/C9H21N3O/c1-3-9(13)12-8-7-11-6-5-10-4-2/h10-11H,3-8H2,1-2H3,(H,12,13). The minimum atomic E-state index is 0.119. The van der Waals surface area contributed by atoms with Gasteiger partial charge in [0.15, 0.2) is 0 Å². The molecule has 0 bridgehead atoms. The Bertz CT molecular complexity index is 128. The zero-order valence-corrected chi connectivity index (χ0v) is 8.65. The molecule has 0 aliphatic heterocycles. The normalized spacial score (nSPS) is 10.0. The zero-order chi connectivity index (χ0) is 9.94. The first-order valence-corrected chi connectivity index (χ1v) is 4.99. The molecule has 0 aliphatic rings. The molecule has 0 saturated carbocycles. The van der Waals surface area contributed by atoms with E-state index in [-0.39, 0.29) is 5.91 Å². The van der Waals surface area contributed by atoms with E-state index in [1.54, 1.807) is 0 Å². The van der Waals surface area contributed by atoms with Gasteiger partial charge in [-0.25, -0.2) is 0 Å². The first kappa shape index (κ1) is 12.4. The zero-order valence-electron chi connectivity index (χ0n) is 8.65. The number of carbonyl (C=O) groups is 1. The number of amides is 1. The molecule has 0 radical (unpaired) electrons. The molecule has 1 amide bonds. The molecule has 78 valence electrons. The van der Waals surface area contributed by atoms with Crippen LogP contribution >= 0.6 is 0 Å². The third-order valence-electron chi connectivity index (χ3n) is 1.67. The van der Waals surface area contributed by atoms with E-state index in [1.807, 2.05) is 6.92 Å². The average Bonchev–Trinajstić information content (AvgIpc) is 2.16. The maximum absolute atomic E-state index is 10.8. The monoisotopic (exact) mass is 187 g/mol. The van der Waals surface area contributed by atoms with Gasteiger partial charge >= 0.3 is 0 Å². The van der Waals surface area contributed by atoms with Crippen LogP contribution in [0.4, 0.5) is 0 Å². The van der Waals surface area contributed by atoms with Crippen molar-refractivity contribution in [1.29, 1.82) is 0 Å². The lowest BCUT2D eigenvalue weighted by Crippen LogP contribution is -2.34. The van der Waals surface area contributed by atoms with Crippen LogP contribution in [0.2, 0.25) is 0 Å². The van der Waals surface area contributed by atoms with Gasteiger partial charge in [-0.1, -0.05) is 13.8 Å². The van der Waals surface area contributed by atoms with Crippen LogP contribution in [0, 0.1) is 0 Å². The van der Waals surface area contributed by atoms with E-state index in [0.29, 0.717) is 6.42 Å². The van der Waals surface area contributed by atoms with Crippen LogP contribution in [0.3, 0.4) is 0 Å². The van der Waals surface area contributed by atoms with Gasteiger partial charge in [-0.3, -0.25) is 4.79 Å². The quantitative estimate of drug-likeness (QED) is 0.458. The fourth-order valence-corrected chi connectivity index (χ4v) is 0.894. The Morgan fingerprint density at radius 2 is 1.62 bits per heavy atom. The molecule has 4 heteroatoms. The van der Waals surface area contributed by atoms with Crippen LogP contribution in [0.15, 0.2) is 0 Å². The van der Waals surface area contributed by atoms with Crippen LogP contribution in [-0.2, 0) is 4.79 Å². The highest BCUT2D eigenvalue weighted by molar-refractivity contribution is 5.75. The van der Waals surface area contributed by atoms with Crippen LogP contribution in [0.1, 0.15) is 20.3 Å². The topological polar surface area (TPSA) is 53.2 Å². The van der Waals surface area contributed by atoms with E-state index in [1.165, 1.54) is 0 Å². The van der Waals surface area contributed by atoms with Crippen molar-refractivity contribution in [3.63, 3.8) is 0 Å². The van der Waals surface area contributed by atoms with Gasteiger partial charge in [-0.05, 0) is 6.54 Å². The highest BCUT2D eigenvalue weighted by Gasteiger charge is 1.93. The van der Waals surface area contributed by atoms with E-state index < -0.39 is 0 Å². The van der Waals surface area contributed by atoms with Crippen molar-refractivity contribution < 1.29 is 4.79 Å². The summed E-state index contributed by atoms with van der Waals surface area (Å²) in [5.41, 5.74) is 0. The summed E-state index contributed by atoms with van der Waals surface area (Å²) in [6.07, 6.45) is 0.567. The highest BCUT2D eigenvalue weighted by Crippen LogP contribution is 1.72. The molecule has 0 rings (SSSR count). The molecular formula is C9H21N3O. The summed E-state index contributed by atoms with van der Waals surface area (Å²) in [7, 11) is 0. The second-order valence-corrected chi connectivity index (χ2v) is 2.81. The Labute approximate surface area is 80.5 Å². The van der Waals surface area contributed by atoms with Crippen molar-refractivity contribution >= 4 is 5.91 Å². The van der Waals surface area contributed by atoms with Crippen molar-refractivity contribution in [3.05, 3.63) is 0 Å². The molecule has 0 aromatic heterocycles. The van der Waals surface area contributed by atoms with Gasteiger partial charge in [0, 0.05) is 32.6 Å². The van der Waals surface area contributed by atoms with Crippen molar-refractivity contribution in [1.82, 2.24) is 16.0 Å². The molecule has 13 heavy (non-hydrogen) atoms. The van der Waals surface area contributed by atoms with E-state index in [2.05, 4.69) is 22.9 Å². The van der Waals surface area contributed by atoms with Crippen molar-refractivity contribution in [2.45, 2.75) is 20.3 Å². The number of likely N-dealkylation sites (N-methyl/N-ethyl adjacent to an activating group) is 1. The number of nitrogens with one attached hydrogen (secondary N) is 3. The fourth-order valence-electron chi connectivity index (χ4n) is 0.894. The van der Waals surface area contributed by atoms with E-state index in [0.717, 1.165) is 32.7 Å². The molecule has 0 fully saturated rings. The summed E-state index contributed by atoms with van der Waals surface area (Å²) in [5.74, 6) is 0.119. The maximum atomic E-state index is 10.8. The Hall–Kier alpha value is -0.610. The summed E-state index contributed by atoms with van der Waals surface area (Å²) >= 11 is 0. The lowest BCUT2D eigenvalue weighted by Gasteiger charge is -2.05. The van der Waals surface area contributed by atoms with E-state index in [9.17, 15) is 4.79 Å². The van der Waals surface area contributed by atoms with Crippen LogP contribution in [0.25, 0.3) is 0 Å². The van der Waals surface area contributed by atoms with E-state index >= 15 is 0 Å². The molecule has 0 aliphatic carbocycles. The van der Waals surface area contributed by atoms with Gasteiger partial charge in [0.25, 0.3) is 0 Å². The molecule has 0 saturated heterocycles. The smallest absolute Gasteiger partial charge is 0.219 e. The van der Waals surface area contributed by atoms with Gasteiger partial charge in [0.1, 0.15) is 0 Å². The molecule has 4 nitrogen and oxygen atoms in total. The van der Waals surface area contributed by atoms with Crippen LogP contribution < -0.4 is 16.0 Å².